The summed E-state index contributed by atoms with van der Waals surface area (Å²) in [5.74, 6) is -1.30. The Morgan fingerprint density at radius 2 is 2.00 bits per heavy atom. The van der Waals surface area contributed by atoms with Gasteiger partial charge in [0.15, 0.2) is 5.76 Å². The molecule has 2 aromatic rings. The highest BCUT2D eigenvalue weighted by Gasteiger charge is 2.27. The van der Waals surface area contributed by atoms with Gasteiger partial charge in [0.2, 0.25) is 17.6 Å². The topological polar surface area (TPSA) is 113 Å². The van der Waals surface area contributed by atoms with E-state index in [0.717, 1.165) is 6.41 Å². The molecule has 1 saturated heterocycles. The molecule has 2 aromatic heterocycles. The van der Waals surface area contributed by atoms with Crippen LogP contribution in [0.3, 0.4) is 0 Å². The molecular formula is C20H23N3O6. The van der Waals surface area contributed by atoms with E-state index in [-0.39, 0.29) is 12.2 Å². The smallest absolute Gasteiger partial charge is 0.306 e. The maximum Gasteiger partial charge on any atom is 0.306 e. The van der Waals surface area contributed by atoms with Gasteiger partial charge in [-0.25, -0.2) is 0 Å². The van der Waals surface area contributed by atoms with Crippen molar-refractivity contribution >= 4 is 12.4 Å². The molecule has 1 fully saturated rings. The molecular weight excluding hydrogens is 378 g/mol. The van der Waals surface area contributed by atoms with E-state index in [2.05, 4.69) is 9.88 Å². The molecule has 29 heavy (non-hydrogen) atoms. The summed E-state index contributed by atoms with van der Waals surface area (Å²) in [5, 5.41) is 10.4. The maximum absolute atomic E-state index is 12.4. The van der Waals surface area contributed by atoms with Crippen molar-refractivity contribution in [1.82, 2.24) is 14.8 Å². The predicted molar refractivity (Wildman–Crippen MR) is 102 cm³/mol. The molecule has 3 heterocycles. The Labute approximate surface area is 167 Å². The Hall–Kier alpha value is -3.20. The molecule has 1 amide bonds. The number of hydrogen-bond donors (Lipinski definition) is 1. The first-order valence-corrected chi connectivity index (χ1v) is 9.26. The van der Waals surface area contributed by atoms with Gasteiger partial charge in [0, 0.05) is 44.6 Å². The Bertz CT molecular complexity index is 906. The van der Waals surface area contributed by atoms with Gasteiger partial charge >= 0.3 is 5.97 Å². The van der Waals surface area contributed by atoms with Gasteiger partial charge in [0.25, 0.3) is 0 Å². The van der Waals surface area contributed by atoms with E-state index in [1.807, 2.05) is 0 Å². The number of methoxy groups -OCH3 is 1. The van der Waals surface area contributed by atoms with Crippen LogP contribution in [-0.4, -0.2) is 65.6 Å². The number of hydrogen-bond acceptors (Lipinski definition) is 8. The van der Waals surface area contributed by atoms with Crippen LogP contribution in [0.5, 0.6) is 5.75 Å². The molecule has 3 rings (SSSR count). The quantitative estimate of drug-likeness (QED) is 0.533. The van der Waals surface area contributed by atoms with Gasteiger partial charge in [-0.05, 0) is 17.7 Å². The summed E-state index contributed by atoms with van der Waals surface area (Å²) in [6.45, 7) is 2.85. The second-order valence-electron chi connectivity index (χ2n) is 6.82. The van der Waals surface area contributed by atoms with Crippen LogP contribution in [0.2, 0.25) is 0 Å². The zero-order chi connectivity index (χ0) is 20.8. The number of piperazine rings is 1. The van der Waals surface area contributed by atoms with Gasteiger partial charge in [-0.15, -0.1) is 0 Å². The zero-order valence-corrected chi connectivity index (χ0v) is 16.1. The van der Waals surface area contributed by atoms with Crippen LogP contribution in [0.1, 0.15) is 29.4 Å². The van der Waals surface area contributed by atoms with E-state index in [1.165, 1.54) is 13.2 Å². The average molecular weight is 401 g/mol. The van der Waals surface area contributed by atoms with Crippen molar-refractivity contribution in [3.63, 3.8) is 0 Å². The van der Waals surface area contributed by atoms with Crippen molar-refractivity contribution < 1.29 is 23.8 Å². The van der Waals surface area contributed by atoms with Crippen molar-refractivity contribution in [3.05, 3.63) is 57.9 Å². The molecule has 0 radical (unpaired) electrons. The fourth-order valence-electron chi connectivity index (χ4n) is 3.32. The number of aromatic nitrogens is 1. The minimum Gasteiger partial charge on any atom is -0.502 e. The summed E-state index contributed by atoms with van der Waals surface area (Å²) in [6.07, 6.45) is 3.84. The molecule has 0 bridgehead atoms. The van der Waals surface area contributed by atoms with Gasteiger partial charge in [0.05, 0.1) is 26.0 Å². The number of amides is 1. The number of aromatic hydroxyl groups is 1. The highest BCUT2D eigenvalue weighted by atomic mass is 16.5. The molecule has 154 valence electrons. The normalized spacial score (nSPS) is 15.7. The molecule has 1 aliphatic heterocycles. The molecule has 1 unspecified atom stereocenters. The first kappa shape index (κ1) is 20.5. The second kappa shape index (κ2) is 9.33. The van der Waals surface area contributed by atoms with Crippen LogP contribution in [0.4, 0.5) is 0 Å². The number of nitrogens with zero attached hydrogens (tertiary/aromatic N) is 3. The van der Waals surface area contributed by atoms with Crippen molar-refractivity contribution in [2.75, 3.05) is 33.3 Å². The third-order valence-corrected chi connectivity index (χ3v) is 4.96. The van der Waals surface area contributed by atoms with Gasteiger partial charge in [-0.1, -0.05) is 0 Å². The summed E-state index contributed by atoms with van der Waals surface area (Å²) >= 11 is 0. The zero-order valence-electron chi connectivity index (χ0n) is 16.1. The number of ether oxygens (including phenoxy) is 1. The monoisotopic (exact) mass is 401 g/mol. The summed E-state index contributed by atoms with van der Waals surface area (Å²) in [5.41, 5.74) is 0.0947. The number of carbonyl (C=O) groups excluding carboxylic acids is 2. The summed E-state index contributed by atoms with van der Waals surface area (Å²) < 4.78 is 10.7. The minimum absolute atomic E-state index is 0.0237. The van der Waals surface area contributed by atoms with Gasteiger partial charge in [-0.3, -0.25) is 24.3 Å². The van der Waals surface area contributed by atoms with Gasteiger partial charge < -0.3 is 19.2 Å². The molecule has 0 spiro atoms. The van der Waals surface area contributed by atoms with E-state index in [9.17, 15) is 19.5 Å². The summed E-state index contributed by atoms with van der Waals surface area (Å²) in [7, 11) is 1.28. The Morgan fingerprint density at radius 1 is 1.31 bits per heavy atom. The lowest BCUT2D eigenvalue weighted by Gasteiger charge is -2.32. The SMILES string of the molecule is COC(=O)CC(c1ccncc1)c1oc(CN2CCN(C=O)CC2)cc(=O)c1O. The third-order valence-electron chi connectivity index (χ3n) is 4.96. The standard InChI is InChI=1S/C20H23N3O6/c1-28-18(26)11-16(14-2-4-21-5-3-14)20-19(27)17(25)10-15(29-20)12-22-6-8-23(13-24)9-7-22/h2-5,10,13,16,27H,6-9,11-12H2,1H3. The van der Waals surface area contributed by atoms with Crippen LogP contribution < -0.4 is 5.43 Å². The molecule has 0 aromatic carbocycles. The van der Waals surface area contributed by atoms with Crippen molar-refractivity contribution in [3.8, 4) is 5.75 Å². The predicted octanol–water partition coefficient (Wildman–Crippen LogP) is 0.709. The number of carbonyl (C=O) groups is 2. The third kappa shape index (κ3) is 5.00. The van der Waals surface area contributed by atoms with Crippen LogP contribution in [-0.2, 0) is 20.9 Å². The van der Waals surface area contributed by atoms with Crippen LogP contribution >= 0.6 is 0 Å². The van der Waals surface area contributed by atoms with E-state index in [0.29, 0.717) is 44.0 Å². The molecule has 1 atom stereocenters. The molecule has 9 heteroatoms. The van der Waals surface area contributed by atoms with Crippen LogP contribution in [0.15, 0.2) is 39.8 Å². The van der Waals surface area contributed by atoms with Crippen molar-refractivity contribution in [1.29, 1.82) is 0 Å². The summed E-state index contributed by atoms with van der Waals surface area (Å²) in [4.78, 5) is 42.9. The first-order chi connectivity index (χ1) is 14.0. The molecule has 0 saturated carbocycles. The van der Waals surface area contributed by atoms with Crippen molar-refractivity contribution in [2.24, 2.45) is 0 Å². The van der Waals surface area contributed by atoms with E-state index in [1.54, 1.807) is 29.4 Å². The van der Waals surface area contributed by atoms with E-state index >= 15 is 0 Å². The van der Waals surface area contributed by atoms with Crippen molar-refractivity contribution in [2.45, 2.75) is 18.9 Å². The Morgan fingerprint density at radius 3 is 2.62 bits per heavy atom. The Kier molecular flexibility index (Phi) is 6.61. The lowest BCUT2D eigenvalue weighted by Crippen LogP contribution is -2.45. The molecule has 1 aliphatic rings. The minimum atomic E-state index is -0.690. The van der Waals surface area contributed by atoms with Crippen LogP contribution in [0, 0.1) is 0 Å². The fourth-order valence-corrected chi connectivity index (χ4v) is 3.32. The highest BCUT2D eigenvalue weighted by molar-refractivity contribution is 5.71. The lowest BCUT2D eigenvalue weighted by atomic mass is 9.93. The number of esters is 1. The average Bonchev–Trinajstić information content (AvgIpc) is 2.75. The molecule has 0 aliphatic carbocycles. The van der Waals surface area contributed by atoms with Gasteiger partial charge in [-0.2, -0.15) is 0 Å². The second-order valence-corrected chi connectivity index (χ2v) is 6.82. The Balaban J connectivity index is 1.91. The number of pyridine rings is 1. The maximum atomic E-state index is 12.4. The summed E-state index contributed by atoms with van der Waals surface area (Å²) in [6, 6.07) is 4.64. The van der Waals surface area contributed by atoms with Crippen LogP contribution in [0.25, 0.3) is 0 Å². The highest BCUT2D eigenvalue weighted by Crippen LogP contribution is 2.33. The first-order valence-electron chi connectivity index (χ1n) is 9.26. The van der Waals surface area contributed by atoms with E-state index in [4.69, 9.17) is 9.15 Å². The number of rotatable bonds is 7. The fraction of sp³-hybridized carbons (Fsp3) is 0.400. The van der Waals surface area contributed by atoms with E-state index < -0.39 is 23.1 Å². The van der Waals surface area contributed by atoms with Gasteiger partial charge in [0.1, 0.15) is 5.76 Å². The molecule has 1 N–H and O–H groups in total. The largest absolute Gasteiger partial charge is 0.502 e. The lowest BCUT2D eigenvalue weighted by molar-refractivity contribution is -0.141. The molecule has 9 nitrogen and oxygen atoms in total.